The van der Waals surface area contributed by atoms with Crippen LogP contribution in [0.5, 0.6) is 0 Å². The number of carbonyl (C=O) groups is 1. The Kier molecular flexibility index (Phi) is 5.53. The highest BCUT2D eigenvalue weighted by Gasteiger charge is 2.06. The SMILES string of the molecule is Cc1ccccc1CNc1ccc(NC(=O)CC(C)C)nc1. The summed E-state index contributed by atoms with van der Waals surface area (Å²) >= 11 is 0. The molecule has 2 aromatic rings. The quantitative estimate of drug-likeness (QED) is 0.847. The number of nitrogens with zero attached hydrogens (tertiary/aromatic N) is 1. The van der Waals surface area contributed by atoms with E-state index >= 15 is 0 Å². The number of hydrogen-bond donors (Lipinski definition) is 2. The fourth-order valence-electron chi connectivity index (χ4n) is 2.14. The summed E-state index contributed by atoms with van der Waals surface area (Å²) in [6.45, 7) is 6.90. The zero-order valence-electron chi connectivity index (χ0n) is 13.4. The Hall–Kier alpha value is -2.36. The molecular weight excluding hydrogens is 274 g/mol. The van der Waals surface area contributed by atoms with Gasteiger partial charge in [0.15, 0.2) is 0 Å². The van der Waals surface area contributed by atoms with E-state index in [2.05, 4.69) is 34.7 Å². The van der Waals surface area contributed by atoms with Crippen LogP contribution in [0.15, 0.2) is 42.6 Å². The Morgan fingerprint density at radius 1 is 1.18 bits per heavy atom. The third-order valence-electron chi connectivity index (χ3n) is 3.37. The maximum Gasteiger partial charge on any atom is 0.225 e. The number of nitrogens with one attached hydrogen (secondary N) is 2. The Balaban J connectivity index is 1.89. The van der Waals surface area contributed by atoms with Crippen LogP contribution in [-0.4, -0.2) is 10.9 Å². The van der Waals surface area contributed by atoms with Crippen LogP contribution in [0.25, 0.3) is 0 Å². The van der Waals surface area contributed by atoms with E-state index in [1.165, 1.54) is 11.1 Å². The van der Waals surface area contributed by atoms with Crippen molar-refractivity contribution < 1.29 is 4.79 Å². The third kappa shape index (κ3) is 4.88. The first-order chi connectivity index (χ1) is 10.5. The monoisotopic (exact) mass is 297 g/mol. The van der Waals surface area contributed by atoms with Gasteiger partial charge in [-0.25, -0.2) is 4.98 Å². The molecule has 0 bridgehead atoms. The van der Waals surface area contributed by atoms with Crippen molar-refractivity contribution in [2.24, 2.45) is 5.92 Å². The standard InChI is InChI=1S/C18H23N3O/c1-13(2)10-18(22)21-17-9-8-16(12-20-17)19-11-15-7-5-4-6-14(15)3/h4-9,12-13,19H,10-11H2,1-3H3,(H,20,21,22). The number of amides is 1. The highest BCUT2D eigenvalue weighted by molar-refractivity contribution is 5.89. The van der Waals surface area contributed by atoms with Crippen LogP contribution < -0.4 is 10.6 Å². The molecule has 0 radical (unpaired) electrons. The van der Waals surface area contributed by atoms with E-state index in [1.54, 1.807) is 6.20 Å². The summed E-state index contributed by atoms with van der Waals surface area (Å²) in [5.74, 6) is 0.935. The maximum atomic E-state index is 11.7. The molecule has 4 nitrogen and oxygen atoms in total. The molecule has 0 saturated carbocycles. The van der Waals surface area contributed by atoms with Gasteiger partial charge in [0.1, 0.15) is 5.82 Å². The van der Waals surface area contributed by atoms with Gasteiger partial charge in [0.25, 0.3) is 0 Å². The van der Waals surface area contributed by atoms with Crippen molar-refractivity contribution in [3.63, 3.8) is 0 Å². The van der Waals surface area contributed by atoms with Crippen LogP contribution in [0, 0.1) is 12.8 Å². The van der Waals surface area contributed by atoms with Gasteiger partial charge in [-0.05, 0) is 36.1 Å². The lowest BCUT2D eigenvalue weighted by Gasteiger charge is -2.10. The molecule has 0 unspecified atom stereocenters. The van der Waals surface area contributed by atoms with Gasteiger partial charge in [-0.3, -0.25) is 4.79 Å². The Bertz CT molecular complexity index is 620. The summed E-state index contributed by atoms with van der Waals surface area (Å²) in [5.41, 5.74) is 3.46. The second kappa shape index (κ2) is 7.59. The van der Waals surface area contributed by atoms with E-state index in [-0.39, 0.29) is 5.91 Å². The molecular formula is C18H23N3O. The highest BCUT2D eigenvalue weighted by atomic mass is 16.1. The number of aryl methyl sites for hydroxylation is 1. The molecule has 0 saturated heterocycles. The van der Waals surface area contributed by atoms with Crippen LogP contribution in [0.3, 0.4) is 0 Å². The molecule has 1 aromatic carbocycles. The van der Waals surface area contributed by atoms with Gasteiger partial charge >= 0.3 is 0 Å². The zero-order valence-corrected chi connectivity index (χ0v) is 13.4. The van der Waals surface area contributed by atoms with E-state index in [9.17, 15) is 4.79 Å². The molecule has 0 spiro atoms. The van der Waals surface area contributed by atoms with Gasteiger partial charge in [-0.15, -0.1) is 0 Å². The van der Waals surface area contributed by atoms with E-state index in [4.69, 9.17) is 0 Å². The van der Waals surface area contributed by atoms with Crippen molar-refractivity contribution >= 4 is 17.4 Å². The lowest BCUT2D eigenvalue weighted by atomic mass is 10.1. The van der Waals surface area contributed by atoms with Gasteiger partial charge < -0.3 is 10.6 Å². The minimum Gasteiger partial charge on any atom is -0.380 e. The lowest BCUT2D eigenvalue weighted by Crippen LogP contribution is -2.14. The van der Waals surface area contributed by atoms with Crippen LogP contribution in [-0.2, 0) is 11.3 Å². The average Bonchev–Trinajstić information content (AvgIpc) is 2.47. The third-order valence-corrected chi connectivity index (χ3v) is 3.37. The molecule has 1 amide bonds. The Morgan fingerprint density at radius 3 is 2.59 bits per heavy atom. The Morgan fingerprint density at radius 2 is 1.95 bits per heavy atom. The number of aromatic nitrogens is 1. The molecule has 0 fully saturated rings. The number of pyridine rings is 1. The predicted molar refractivity (Wildman–Crippen MR) is 90.8 cm³/mol. The fourth-order valence-corrected chi connectivity index (χ4v) is 2.14. The lowest BCUT2D eigenvalue weighted by molar-refractivity contribution is -0.116. The van der Waals surface area contributed by atoms with Crippen LogP contribution in [0.4, 0.5) is 11.5 Å². The molecule has 0 aliphatic carbocycles. The van der Waals surface area contributed by atoms with Crippen LogP contribution >= 0.6 is 0 Å². The van der Waals surface area contributed by atoms with Crippen molar-refractivity contribution in [2.45, 2.75) is 33.7 Å². The second-order valence-electron chi connectivity index (χ2n) is 5.86. The summed E-state index contributed by atoms with van der Waals surface area (Å²) < 4.78 is 0. The van der Waals surface area contributed by atoms with E-state index < -0.39 is 0 Å². The molecule has 1 heterocycles. The molecule has 1 aromatic heterocycles. The van der Waals surface area contributed by atoms with Gasteiger partial charge in [0.2, 0.25) is 5.91 Å². The summed E-state index contributed by atoms with van der Waals surface area (Å²) in [6, 6.07) is 12.0. The molecule has 2 N–H and O–H groups in total. The van der Waals surface area contributed by atoms with Crippen molar-refractivity contribution in [3.8, 4) is 0 Å². The van der Waals surface area contributed by atoms with Gasteiger partial charge in [0, 0.05) is 13.0 Å². The number of rotatable bonds is 6. The number of anilines is 2. The molecule has 4 heteroatoms. The molecule has 0 aliphatic rings. The van der Waals surface area contributed by atoms with Crippen LogP contribution in [0.2, 0.25) is 0 Å². The molecule has 0 atom stereocenters. The first kappa shape index (κ1) is 16.0. The summed E-state index contributed by atoms with van der Waals surface area (Å²) in [6.07, 6.45) is 2.25. The van der Waals surface area contributed by atoms with E-state index in [1.807, 2.05) is 38.1 Å². The van der Waals surface area contributed by atoms with Crippen molar-refractivity contribution in [2.75, 3.05) is 10.6 Å². The molecule has 0 aliphatic heterocycles. The van der Waals surface area contributed by atoms with Crippen molar-refractivity contribution in [1.82, 2.24) is 4.98 Å². The van der Waals surface area contributed by atoms with E-state index in [0.29, 0.717) is 18.2 Å². The predicted octanol–water partition coefficient (Wildman–Crippen LogP) is 3.99. The highest BCUT2D eigenvalue weighted by Crippen LogP contribution is 2.14. The number of hydrogen-bond acceptors (Lipinski definition) is 3. The first-order valence-electron chi connectivity index (χ1n) is 7.59. The van der Waals surface area contributed by atoms with Gasteiger partial charge in [0.05, 0.1) is 11.9 Å². The van der Waals surface area contributed by atoms with Crippen molar-refractivity contribution in [3.05, 3.63) is 53.7 Å². The Labute approximate surface area is 132 Å². The fraction of sp³-hybridized carbons (Fsp3) is 0.333. The average molecular weight is 297 g/mol. The largest absolute Gasteiger partial charge is 0.380 e. The normalized spacial score (nSPS) is 10.5. The zero-order chi connectivity index (χ0) is 15.9. The summed E-state index contributed by atoms with van der Waals surface area (Å²) in [5, 5.41) is 6.14. The minimum absolute atomic E-state index is 0.00289. The topological polar surface area (TPSA) is 54.0 Å². The van der Waals surface area contributed by atoms with Gasteiger partial charge in [-0.2, -0.15) is 0 Å². The molecule has 2 rings (SSSR count). The van der Waals surface area contributed by atoms with Crippen molar-refractivity contribution in [1.29, 1.82) is 0 Å². The summed E-state index contributed by atoms with van der Waals surface area (Å²) in [7, 11) is 0. The number of carbonyl (C=O) groups excluding carboxylic acids is 1. The van der Waals surface area contributed by atoms with E-state index in [0.717, 1.165) is 12.2 Å². The summed E-state index contributed by atoms with van der Waals surface area (Å²) in [4.78, 5) is 16.0. The number of benzene rings is 1. The molecule has 116 valence electrons. The maximum absolute atomic E-state index is 11.7. The molecule has 22 heavy (non-hydrogen) atoms. The first-order valence-corrected chi connectivity index (χ1v) is 7.59. The minimum atomic E-state index is 0.00289. The smallest absolute Gasteiger partial charge is 0.225 e. The van der Waals surface area contributed by atoms with Gasteiger partial charge in [-0.1, -0.05) is 38.1 Å². The van der Waals surface area contributed by atoms with Crippen LogP contribution in [0.1, 0.15) is 31.4 Å². The second-order valence-corrected chi connectivity index (χ2v) is 5.86.